The van der Waals surface area contributed by atoms with E-state index < -0.39 is 11.2 Å². The summed E-state index contributed by atoms with van der Waals surface area (Å²) in [7, 11) is 0. The van der Waals surface area contributed by atoms with Crippen molar-refractivity contribution >= 4 is 5.71 Å². The van der Waals surface area contributed by atoms with Crippen LogP contribution < -0.4 is 0 Å². The minimum atomic E-state index is -0.983. The molecule has 1 heterocycles. The van der Waals surface area contributed by atoms with Crippen LogP contribution in [0.2, 0.25) is 0 Å². The Morgan fingerprint density at radius 1 is 1.29 bits per heavy atom. The monoisotopic (exact) mass is 199 g/mol. The van der Waals surface area contributed by atoms with E-state index in [1.165, 1.54) is 0 Å². The van der Waals surface area contributed by atoms with Crippen molar-refractivity contribution in [2.24, 2.45) is 5.92 Å². The second-order valence-corrected chi connectivity index (χ2v) is 5.18. The molecule has 0 N–H and O–H groups in total. The van der Waals surface area contributed by atoms with Gasteiger partial charge in [-0.1, -0.05) is 18.9 Å². The minimum Gasteiger partial charge on any atom is -0.622 e. The van der Waals surface area contributed by atoms with Gasteiger partial charge in [-0.3, -0.25) is 0 Å². The molecule has 0 aromatic rings. The number of rotatable bonds is 1. The van der Waals surface area contributed by atoms with E-state index in [1.54, 1.807) is 27.7 Å². The Hall–Kier alpha value is -0.610. The van der Waals surface area contributed by atoms with Crippen LogP contribution in [0.3, 0.4) is 0 Å². The summed E-state index contributed by atoms with van der Waals surface area (Å²) in [6.45, 7) is 10.8. The van der Waals surface area contributed by atoms with Crippen molar-refractivity contribution in [3.8, 4) is 0 Å². The predicted molar refractivity (Wildman–Crippen MR) is 54.2 cm³/mol. The van der Waals surface area contributed by atoms with Gasteiger partial charge in [0.05, 0.1) is 0 Å². The number of hydrogen-bond donors (Lipinski definition) is 0. The van der Waals surface area contributed by atoms with Gasteiger partial charge in [0.2, 0.25) is 5.66 Å². The summed E-state index contributed by atoms with van der Waals surface area (Å²) >= 11 is 0. The summed E-state index contributed by atoms with van der Waals surface area (Å²) in [6.07, 6.45) is 0. The van der Waals surface area contributed by atoms with Gasteiger partial charge in [-0.2, -0.15) is 4.74 Å². The highest BCUT2D eigenvalue weighted by Crippen LogP contribution is 2.34. The molecule has 0 bridgehead atoms. The van der Waals surface area contributed by atoms with Crippen LogP contribution in [-0.2, 0) is 5.21 Å². The van der Waals surface area contributed by atoms with E-state index in [0.717, 1.165) is 9.80 Å². The third kappa shape index (κ3) is 1.25. The lowest BCUT2D eigenvalue weighted by Gasteiger charge is -2.27. The van der Waals surface area contributed by atoms with E-state index in [-0.39, 0.29) is 5.92 Å². The van der Waals surface area contributed by atoms with Crippen molar-refractivity contribution in [1.29, 1.82) is 0 Å². The van der Waals surface area contributed by atoms with Gasteiger partial charge in [-0.15, -0.1) is 5.21 Å². The van der Waals surface area contributed by atoms with E-state index >= 15 is 0 Å². The second kappa shape index (κ2) is 2.94. The zero-order valence-electron chi connectivity index (χ0n) is 9.79. The maximum atomic E-state index is 11.9. The van der Waals surface area contributed by atoms with E-state index in [4.69, 9.17) is 0 Å². The molecule has 1 rings (SSSR count). The van der Waals surface area contributed by atoms with E-state index in [1.807, 2.05) is 13.8 Å². The second-order valence-electron chi connectivity index (χ2n) is 5.18. The van der Waals surface area contributed by atoms with E-state index in [9.17, 15) is 10.4 Å². The quantitative estimate of drug-likeness (QED) is 0.477. The first-order valence-corrected chi connectivity index (χ1v) is 4.95. The molecule has 1 radical (unpaired) electrons. The molecule has 0 saturated heterocycles. The summed E-state index contributed by atoms with van der Waals surface area (Å²) in [5.41, 5.74) is -1.01. The number of hydroxylamine groups is 3. The average molecular weight is 199 g/mol. The van der Waals surface area contributed by atoms with Crippen LogP contribution in [0, 0.1) is 11.1 Å². The molecule has 0 aromatic carbocycles. The van der Waals surface area contributed by atoms with Crippen LogP contribution in [-0.4, -0.2) is 26.7 Å². The topological polar surface area (TPSA) is 49.2 Å². The molecule has 0 unspecified atom stereocenters. The molecule has 1 aliphatic rings. The molecule has 0 saturated carbocycles. The molecule has 0 amide bonds. The number of nitrogens with zero attached hydrogens (tertiary/aromatic N) is 2. The first-order chi connectivity index (χ1) is 6.13. The van der Waals surface area contributed by atoms with Crippen molar-refractivity contribution in [2.75, 3.05) is 0 Å². The third-order valence-corrected chi connectivity index (χ3v) is 2.89. The average Bonchev–Trinajstić information content (AvgIpc) is 2.10. The highest BCUT2D eigenvalue weighted by Gasteiger charge is 2.58. The summed E-state index contributed by atoms with van der Waals surface area (Å²) in [5.74, 6) is 0.0979. The van der Waals surface area contributed by atoms with Crippen LogP contribution in [0.15, 0.2) is 0 Å². The Balaban J connectivity index is 3.30. The molecule has 4 heteroatoms. The summed E-state index contributed by atoms with van der Waals surface area (Å²) < 4.78 is 0.866. The molecule has 0 aliphatic carbocycles. The van der Waals surface area contributed by atoms with Gasteiger partial charge in [0.15, 0.2) is 5.71 Å². The Morgan fingerprint density at radius 2 is 1.71 bits per heavy atom. The lowest BCUT2D eigenvalue weighted by molar-refractivity contribution is -0.588. The lowest BCUT2D eigenvalue weighted by atomic mass is 9.90. The standard InChI is InChI=1S/C10H19N2O2/c1-7(2)8-9(3,4)12(14)10(5,6)11(8)13/h7H,1-6H3. The zero-order valence-corrected chi connectivity index (χ0v) is 9.79. The van der Waals surface area contributed by atoms with Crippen LogP contribution in [0.1, 0.15) is 41.5 Å². The highest BCUT2D eigenvalue weighted by atomic mass is 16.6. The minimum absolute atomic E-state index is 0.0979. The molecule has 81 valence electrons. The maximum Gasteiger partial charge on any atom is 0.248 e. The van der Waals surface area contributed by atoms with Crippen molar-refractivity contribution < 1.29 is 9.95 Å². The van der Waals surface area contributed by atoms with Crippen molar-refractivity contribution in [1.82, 2.24) is 5.06 Å². The molecule has 1 aliphatic heterocycles. The SMILES string of the molecule is CC(C)C1=[N+]([O-])C(C)(C)N([O])C1(C)C. The number of hydrogen-bond acceptors (Lipinski definition) is 2. The summed E-state index contributed by atoms with van der Waals surface area (Å²) in [5, 5.41) is 24.8. The Bertz CT molecular complexity index is 280. The third-order valence-electron chi connectivity index (χ3n) is 2.89. The Kier molecular flexibility index (Phi) is 2.41. The molecule has 0 fully saturated rings. The fraction of sp³-hybridized carbons (Fsp3) is 0.900. The molecule has 4 nitrogen and oxygen atoms in total. The van der Waals surface area contributed by atoms with Gasteiger partial charge in [0.1, 0.15) is 5.54 Å². The summed E-state index contributed by atoms with van der Waals surface area (Å²) in [4.78, 5) is 0. The van der Waals surface area contributed by atoms with Gasteiger partial charge in [0, 0.05) is 19.8 Å². The Morgan fingerprint density at radius 3 is 1.86 bits per heavy atom. The molecule has 0 atom stereocenters. The fourth-order valence-electron chi connectivity index (χ4n) is 2.35. The van der Waals surface area contributed by atoms with Gasteiger partial charge < -0.3 is 5.21 Å². The fourth-order valence-corrected chi connectivity index (χ4v) is 2.35. The van der Waals surface area contributed by atoms with E-state index in [0.29, 0.717) is 5.71 Å². The smallest absolute Gasteiger partial charge is 0.248 e. The van der Waals surface area contributed by atoms with Gasteiger partial charge >= 0.3 is 0 Å². The lowest BCUT2D eigenvalue weighted by Crippen LogP contribution is -2.50. The van der Waals surface area contributed by atoms with Gasteiger partial charge in [0.25, 0.3) is 0 Å². The van der Waals surface area contributed by atoms with Crippen LogP contribution in [0.4, 0.5) is 0 Å². The Labute approximate surface area is 85.4 Å². The van der Waals surface area contributed by atoms with Crippen LogP contribution in [0.25, 0.3) is 0 Å². The molecule has 14 heavy (non-hydrogen) atoms. The molecule has 0 aromatic heterocycles. The highest BCUT2D eigenvalue weighted by molar-refractivity contribution is 5.91. The van der Waals surface area contributed by atoms with Crippen LogP contribution in [0.5, 0.6) is 0 Å². The normalized spacial score (nSPS) is 26.3. The first kappa shape index (κ1) is 11.5. The maximum absolute atomic E-state index is 11.9. The molecule has 0 spiro atoms. The van der Waals surface area contributed by atoms with Gasteiger partial charge in [-0.25, -0.2) is 0 Å². The van der Waals surface area contributed by atoms with Crippen molar-refractivity contribution in [3.05, 3.63) is 5.21 Å². The summed E-state index contributed by atoms with van der Waals surface area (Å²) in [6, 6.07) is 0. The largest absolute Gasteiger partial charge is 0.622 e. The van der Waals surface area contributed by atoms with Crippen LogP contribution >= 0.6 is 0 Å². The van der Waals surface area contributed by atoms with E-state index in [2.05, 4.69) is 0 Å². The molecular formula is C10H19N2O2. The molecular weight excluding hydrogens is 180 g/mol. The first-order valence-electron chi connectivity index (χ1n) is 4.95. The zero-order chi connectivity index (χ0) is 11.3. The predicted octanol–water partition coefficient (Wildman–Crippen LogP) is 1.77. The van der Waals surface area contributed by atoms with Crippen molar-refractivity contribution in [2.45, 2.75) is 52.7 Å². The van der Waals surface area contributed by atoms with Gasteiger partial charge in [-0.05, 0) is 13.8 Å². The van der Waals surface area contributed by atoms with Crippen molar-refractivity contribution in [3.63, 3.8) is 0 Å².